The van der Waals surface area contributed by atoms with Crippen molar-refractivity contribution >= 4 is 17.7 Å². The third-order valence-corrected chi connectivity index (χ3v) is 6.99. The van der Waals surface area contributed by atoms with E-state index in [0.717, 1.165) is 37.0 Å². The molecule has 3 aliphatic heterocycles. The number of imide groups is 1. The molecule has 1 fully saturated rings. The molecule has 0 bridgehead atoms. The maximum atomic E-state index is 13.1. The van der Waals surface area contributed by atoms with E-state index in [4.69, 9.17) is 14.2 Å². The van der Waals surface area contributed by atoms with Gasteiger partial charge in [0.1, 0.15) is 0 Å². The quantitative estimate of drug-likeness (QED) is 0.632. The summed E-state index contributed by atoms with van der Waals surface area (Å²) in [5.41, 5.74) is 1.80. The number of carbonyl (C=O) groups is 3. The van der Waals surface area contributed by atoms with Crippen molar-refractivity contribution in [3.8, 4) is 11.5 Å². The SMILES string of the molecule is CCCCN1C(=O)c2ccc(C(=O)NCC3(c4ccc5c(c4)OCO5)CCOCC3)cc2C1=O. The van der Waals surface area contributed by atoms with Crippen LogP contribution in [0.15, 0.2) is 36.4 Å². The molecule has 0 atom stereocenters. The highest BCUT2D eigenvalue weighted by molar-refractivity contribution is 6.22. The summed E-state index contributed by atoms with van der Waals surface area (Å²) < 4.78 is 16.6. The van der Waals surface area contributed by atoms with Gasteiger partial charge >= 0.3 is 0 Å². The first-order valence-corrected chi connectivity index (χ1v) is 11.8. The molecule has 1 N–H and O–H groups in total. The number of benzene rings is 2. The van der Waals surface area contributed by atoms with Crippen LogP contribution < -0.4 is 14.8 Å². The first-order chi connectivity index (χ1) is 16.5. The Morgan fingerprint density at radius 2 is 1.76 bits per heavy atom. The van der Waals surface area contributed by atoms with E-state index in [0.29, 0.717) is 48.7 Å². The maximum Gasteiger partial charge on any atom is 0.261 e. The fourth-order valence-electron chi connectivity index (χ4n) is 4.86. The van der Waals surface area contributed by atoms with E-state index >= 15 is 0 Å². The van der Waals surface area contributed by atoms with Gasteiger partial charge in [0, 0.05) is 37.3 Å². The van der Waals surface area contributed by atoms with Gasteiger partial charge in [0.05, 0.1) is 11.1 Å². The van der Waals surface area contributed by atoms with Crippen LogP contribution in [0.25, 0.3) is 0 Å². The molecule has 0 spiro atoms. The number of hydrogen-bond donors (Lipinski definition) is 1. The number of fused-ring (bicyclic) bond motifs is 2. The fraction of sp³-hybridized carbons (Fsp3) is 0.423. The van der Waals surface area contributed by atoms with Gasteiger partial charge in [-0.2, -0.15) is 0 Å². The number of amides is 3. The number of carbonyl (C=O) groups excluding carboxylic acids is 3. The lowest BCUT2D eigenvalue weighted by atomic mass is 9.74. The second kappa shape index (κ2) is 9.10. The van der Waals surface area contributed by atoms with Crippen LogP contribution in [-0.2, 0) is 10.2 Å². The first-order valence-electron chi connectivity index (χ1n) is 11.8. The van der Waals surface area contributed by atoms with Crippen molar-refractivity contribution in [1.29, 1.82) is 0 Å². The van der Waals surface area contributed by atoms with E-state index in [9.17, 15) is 14.4 Å². The molecule has 8 nitrogen and oxygen atoms in total. The molecule has 34 heavy (non-hydrogen) atoms. The third kappa shape index (κ3) is 3.92. The molecule has 8 heteroatoms. The highest BCUT2D eigenvalue weighted by Crippen LogP contribution is 2.40. The van der Waals surface area contributed by atoms with Crippen LogP contribution in [0.5, 0.6) is 11.5 Å². The molecule has 0 saturated carbocycles. The molecule has 3 amide bonds. The second-order valence-electron chi connectivity index (χ2n) is 9.02. The average Bonchev–Trinajstić information content (AvgIpc) is 3.44. The number of nitrogens with zero attached hydrogens (tertiary/aromatic N) is 1. The Morgan fingerprint density at radius 3 is 2.56 bits per heavy atom. The number of rotatable bonds is 7. The zero-order valence-corrected chi connectivity index (χ0v) is 19.2. The molecule has 5 rings (SSSR count). The van der Waals surface area contributed by atoms with E-state index in [1.54, 1.807) is 12.1 Å². The van der Waals surface area contributed by atoms with Gasteiger partial charge in [-0.3, -0.25) is 19.3 Å². The lowest BCUT2D eigenvalue weighted by Gasteiger charge is -2.38. The average molecular weight is 465 g/mol. The number of nitrogens with one attached hydrogen (secondary N) is 1. The minimum atomic E-state index is -0.329. The summed E-state index contributed by atoms with van der Waals surface area (Å²) in [6, 6.07) is 10.6. The van der Waals surface area contributed by atoms with E-state index in [1.165, 1.54) is 11.0 Å². The fourth-order valence-corrected chi connectivity index (χ4v) is 4.86. The van der Waals surface area contributed by atoms with Crippen LogP contribution in [0.4, 0.5) is 0 Å². The van der Waals surface area contributed by atoms with Gasteiger partial charge in [0.25, 0.3) is 17.7 Å². The minimum Gasteiger partial charge on any atom is -0.454 e. The summed E-state index contributed by atoms with van der Waals surface area (Å²) in [5.74, 6) is 0.542. The maximum absolute atomic E-state index is 13.1. The molecule has 178 valence electrons. The van der Waals surface area contributed by atoms with Crippen LogP contribution in [0.3, 0.4) is 0 Å². The molecule has 3 aliphatic rings. The highest BCUT2D eigenvalue weighted by atomic mass is 16.7. The molecule has 0 unspecified atom stereocenters. The summed E-state index contributed by atoms with van der Waals surface area (Å²) in [6.45, 7) is 4.24. The van der Waals surface area contributed by atoms with Crippen molar-refractivity contribution in [3.63, 3.8) is 0 Å². The molecular weight excluding hydrogens is 436 g/mol. The summed E-state index contributed by atoms with van der Waals surface area (Å²) in [6.07, 6.45) is 3.16. The number of unbranched alkanes of at least 4 members (excludes halogenated alkanes) is 1. The molecule has 0 radical (unpaired) electrons. The van der Waals surface area contributed by atoms with Crippen LogP contribution >= 0.6 is 0 Å². The largest absolute Gasteiger partial charge is 0.454 e. The van der Waals surface area contributed by atoms with Gasteiger partial charge in [0.15, 0.2) is 11.5 Å². The van der Waals surface area contributed by atoms with Crippen LogP contribution in [0.1, 0.15) is 69.2 Å². The van der Waals surface area contributed by atoms with E-state index in [2.05, 4.69) is 5.32 Å². The predicted octanol–water partition coefficient (Wildman–Crippen LogP) is 3.29. The smallest absolute Gasteiger partial charge is 0.261 e. The second-order valence-corrected chi connectivity index (χ2v) is 9.02. The van der Waals surface area contributed by atoms with Gasteiger partial charge in [-0.25, -0.2) is 0 Å². The number of ether oxygens (including phenoxy) is 3. The van der Waals surface area contributed by atoms with Crippen LogP contribution in [-0.4, -0.2) is 55.7 Å². The number of hydrogen-bond acceptors (Lipinski definition) is 6. The predicted molar refractivity (Wildman–Crippen MR) is 123 cm³/mol. The summed E-state index contributed by atoms with van der Waals surface area (Å²) in [7, 11) is 0. The summed E-state index contributed by atoms with van der Waals surface area (Å²) in [5, 5.41) is 3.06. The molecule has 1 saturated heterocycles. The monoisotopic (exact) mass is 464 g/mol. The van der Waals surface area contributed by atoms with E-state index < -0.39 is 0 Å². The van der Waals surface area contributed by atoms with Crippen molar-refractivity contribution < 1.29 is 28.6 Å². The minimum absolute atomic E-state index is 0.209. The zero-order valence-electron chi connectivity index (χ0n) is 19.2. The molecule has 3 heterocycles. The van der Waals surface area contributed by atoms with Crippen molar-refractivity contribution in [1.82, 2.24) is 10.2 Å². The van der Waals surface area contributed by atoms with Crippen molar-refractivity contribution in [3.05, 3.63) is 58.7 Å². The zero-order chi connectivity index (χ0) is 23.7. The lowest BCUT2D eigenvalue weighted by Crippen LogP contribution is -2.44. The van der Waals surface area contributed by atoms with Gasteiger partial charge in [-0.05, 0) is 55.2 Å². The Hall–Kier alpha value is -3.39. The van der Waals surface area contributed by atoms with E-state index in [-0.39, 0.29) is 29.9 Å². The topological polar surface area (TPSA) is 94.2 Å². The van der Waals surface area contributed by atoms with Gasteiger partial charge in [-0.15, -0.1) is 0 Å². The Kier molecular flexibility index (Phi) is 6.00. The molecule has 2 aromatic rings. The Bertz CT molecular complexity index is 1140. The Morgan fingerprint density at radius 1 is 1.00 bits per heavy atom. The van der Waals surface area contributed by atoms with Crippen molar-refractivity contribution in [2.75, 3.05) is 33.1 Å². The Balaban J connectivity index is 1.34. The summed E-state index contributed by atoms with van der Waals surface area (Å²) in [4.78, 5) is 39.7. The molecule has 0 aromatic heterocycles. The first kappa shape index (κ1) is 22.4. The molecule has 2 aromatic carbocycles. The van der Waals surface area contributed by atoms with Crippen molar-refractivity contribution in [2.24, 2.45) is 0 Å². The standard InChI is InChI=1S/C26H28N2O6/c1-2-3-10-28-24(30)19-6-4-17(13-20(19)25(28)31)23(29)27-15-26(8-11-32-12-9-26)18-5-7-21-22(14-18)34-16-33-21/h4-7,13-14H,2-3,8-12,15-16H2,1H3,(H,27,29). The van der Waals surface area contributed by atoms with Crippen LogP contribution in [0.2, 0.25) is 0 Å². The third-order valence-electron chi connectivity index (χ3n) is 6.99. The molecule has 0 aliphatic carbocycles. The molecular formula is C26H28N2O6. The summed E-state index contributed by atoms with van der Waals surface area (Å²) >= 11 is 0. The Labute approximate surface area is 198 Å². The normalized spacial score (nSPS) is 18.2. The highest BCUT2D eigenvalue weighted by Gasteiger charge is 2.37. The van der Waals surface area contributed by atoms with Gasteiger partial charge in [-0.1, -0.05) is 19.4 Å². The van der Waals surface area contributed by atoms with E-state index in [1.807, 2.05) is 25.1 Å². The van der Waals surface area contributed by atoms with Crippen molar-refractivity contribution in [2.45, 2.75) is 38.0 Å². The lowest BCUT2D eigenvalue weighted by molar-refractivity contribution is 0.0486. The van der Waals surface area contributed by atoms with Crippen LogP contribution in [0, 0.1) is 0 Å². The van der Waals surface area contributed by atoms with Gasteiger partial charge in [0.2, 0.25) is 6.79 Å². The van der Waals surface area contributed by atoms with Gasteiger partial charge < -0.3 is 19.5 Å².